The molecule has 9 heteroatoms. The first-order chi connectivity index (χ1) is 9.84. The van der Waals surface area contributed by atoms with Crippen molar-refractivity contribution in [3.8, 4) is 0 Å². The average molecular weight is 321 g/mol. The Morgan fingerprint density at radius 2 is 1.81 bits per heavy atom. The molecule has 8 nitrogen and oxygen atoms in total. The Kier molecular flexibility index (Phi) is 6.34. The van der Waals surface area contributed by atoms with E-state index in [-0.39, 0.29) is 37.0 Å². The molecule has 1 aromatic heterocycles. The number of furan rings is 1. The number of hydrogen-bond donors (Lipinski definition) is 1. The monoisotopic (exact) mass is 321 g/mol. The molecule has 0 unspecified atom stereocenters. The molecule has 0 radical (unpaired) electrons. The third-order valence-corrected chi connectivity index (χ3v) is 4.80. The minimum Gasteiger partial charge on any atom is -0.475 e. The summed E-state index contributed by atoms with van der Waals surface area (Å²) in [5.41, 5.74) is 0. The fourth-order valence-electron chi connectivity index (χ4n) is 1.70. The molecule has 0 spiro atoms. The van der Waals surface area contributed by atoms with E-state index in [2.05, 4.69) is 0 Å². The summed E-state index contributed by atoms with van der Waals surface area (Å²) in [6.07, 6.45) is 0. The lowest BCUT2D eigenvalue weighted by Crippen LogP contribution is -2.36. The summed E-state index contributed by atoms with van der Waals surface area (Å²) in [7, 11) is -0.943. The van der Waals surface area contributed by atoms with Gasteiger partial charge >= 0.3 is 5.97 Å². The number of carboxylic acid groups (broad SMARTS) is 1. The van der Waals surface area contributed by atoms with Crippen molar-refractivity contribution in [2.24, 2.45) is 0 Å². The van der Waals surface area contributed by atoms with Gasteiger partial charge in [0.25, 0.3) is 0 Å². The molecule has 1 heterocycles. The number of rotatable bonds is 9. The zero-order valence-corrected chi connectivity index (χ0v) is 13.0. The fourth-order valence-corrected chi connectivity index (χ4v) is 3.27. The van der Waals surface area contributed by atoms with E-state index in [1.54, 1.807) is 0 Å². The van der Waals surface area contributed by atoms with Crippen LogP contribution in [0.2, 0.25) is 0 Å². The molecular formula is C12H19NO7S. The normalized spacial score (nSPS) is 12.0. The van der Waals surface area contributed by atoms with Gasteiger partial charge in [-0.1, -0.05) is 0 Å². The van der Waals surface area contributed by atoms with Crippen LogP contribution < -0.4 is 0 Å². The van der Waals surface area contributed by atoms with E-state index in [4.69, 9.17) is 19.0 Å². The summed E-state index contributed by atoms with van der Waals surface area (Å²) in [6, 6.07) is 1.01. The van der Waals surface area contributed by atoms with Crippen molar-refractivity contribution in [3.63, 3.8) is 0 Å². The highest BCUT2D eigenvalue weighted by atomic mass is 32.2. The van der Waals surface area contributed by atoms with Crippen LogP contribution in [-0.2, 0) is 19.5 Å². The van der Waals surface area contributed by atoms with E-state index in [9.17, 15) is 13.2 Å². The first-order valence-corrected chi connectivity index (χ1v) is 7.60. The maximum atomic E-state index is 12.6. The molecule has 0 aliphatic rings. The number of carbonyl (C=O) groups is 1. The molecule has 0 aliphatic heterocycles. The van der Waals surface area contributed by atoms with Gasteiger partial charge < -0.3 is 19.0 Å². The van der Waals surface area contributed by atoms with Crippen LogP contribution in [0.1, 0.15) is 16.3 Å². The number of carboxylic acids is 1. The molecule has 0 aliphatic carbocycles. The van der Waals surface area contributed by atoms with Gasteiger partial charge in [-0.25, -0.2) is 13.2 Å². The van der Waals surface area contributed by atoms with Crippen LogP contribution in [0, 0.1) is 6.92 Å². The maximum Gasteiger partial charge on any atom is 0.371 e. The Bertz CT molecular complexity index is 570. The lowest BCUT2D eigenvalue weighted by atomic mass is 10.4. The smallest absolute Gasteiger partial charge is 0.371 e. The zero-order chi connectivity index (χ0) is 16.0. The molecule has 120 valence electrons. The zero-order valence-electron chi connectivity index (χ0n) is 12.2. The van der Waals surface area contributed by atoms with Crippen LogP contribution >= 0.6 is 0 Å². The van der Waals surface area contributed by atoms with Crippen molar-refractivity contribution in [2.45, 2.75) is 11.8 Å². The number of aromatic carboxylic acids is 1. The number of hydrogen-bond acceptors (Lipinski definition) is 6. The average Bonchev–Trinajstić information content (AvgIpc) is 2.81. The molecule has 1 N–H and O–H groups in total. The van der Waals surface area contributed by atoms with Crippen molar-refractivity contribution in [1.29, 1.82) is 0 Å². The molecule has 1 rings (SSSR count). The standard InChI is InChI=1S/C12H19NO7S/c1-9-11(8-10(20-9)12(14)15)21(16,17)13(4-6-18-2)5-7-19-3/h8H,4-7H2,1-3H3,(H,14,15). The van der Waals surface area contributed by atoms with Crippen molar-refractivity contribution in [3.05, 3.63) is 17.6 Å². The Morgan fingerprint density at radius 1 is 1.29 bits per heavy atom. The molecule has 0 amide bonds. The number of aryl methyl sites for hydroxylation is 1. The highest BCUT2D eigenvalue weighted by molar-refractivity contribution is 7.89. The third-order valence-electron chi connectivity index (χ3n) is 2.79. The van der Waals surface area contributed by atoms with Gasteiger partial charge in [-0.2, -0.15) is 4.31 Å². The van der Waals surface area contributed by atoms with E-state index < -0.39 is 21.8 Å². The van der Waals surface area contributed by atoms with E-state index in [0.29, 0.717) is 0 Å². The van der Waals surface area contributed by atoms with Crippen molar-refractivity contribution >= 4 is 16.0 Å². The fraction of sp³-hybridized carbons (Fsp3) is 0.583. The molecule has 0 fully saturated rings. The number of ether oxygens (including phenoxy) is 2. The summed E-state index contributed by atoms with van der Waals surface area (Å²) in [5, 5.41) is 8.87. The van der Waals surface area contributed by atoms with Gasteiger partial charge in [0.05, 0.1) is 13.2 Å². The lowest BCUT2D eigenvalue weighted by molar-refractivity contribution is 0.0661. The molecular weight excluding hydrogens is 302 g/mol. The summed E-state index contributed by atoms with van der Waals surface area (Å²) in [6.45, 7) is 2.10. The summed E-state index contributed by atoms with van der Waals surface area (Å²) < 4.78 is 41.0. The molecule has 0 atom stereocenters. The minimum atomic E-state index is -3.87. The van der Waals surface area contributed by atoms with Crippen molar-refractivity contribution in [2.75, 3.05) is 40.5 Å². The van der Waals surface area contributed by atoms with Crippen molar-refractivity contribution in [1.82, 2.24) is 4.31 Å². The highest BCUT2D eigenvalue weighted by Crippen LogP contribution is 2.23. The van der Waals surface area contributed by atoms with Gasteiger partial charge in [0.2, 0.25) is 15.8 Å². The lowest BCUT2D eigenvalue weighted by Gasteiger charge is -2.21. The molecule has 0 saturated carbocycles. The Labute approximate surface area is 123 Å². The predicted molar refractivity (Wildman–Crippen MR) is 72.9 cm³/mol. The van der Waals surface area contributed by atoms with Crippen LogP contribution in [0.4, 0.5) is 0 Å². The predicted octanol–water partition coefficient (Wildman–Crippen LogP) is 0.570. The van der Waals surface area contributed by atoms with Crippen LogP contribution in [0.5, 0.6) is 0 Å². The van der Waals surface area contributed by atoms with E-state index in [0.717, 1.165) is 6.07 Å². The van der Waals surface area contributed by atoms with Gasteiger partial charge in [0, 0.05) is 33.4 Å². The first-order valence-electron chi connectivity index (χ1n) is 6.16. The van der Waals surface area contributed by atoms with E-state index >= 15 is 0 Å². The summed E-state index contributed by atoms with van der Waals surface area (Å²) in [5.74, 6) is -1.70. The Hall–Kier alpha value is -1.42. The molecule has 0 saturated heterocycles. The van der Waals surface area contributed by atoms with Crippen LogP contribution in [-0.4, -0.2) is 64.3 Å². The van der Waals surface area contributed by atoms with Gasteiger partial charge in [-0.15, -0.1) is 0 Å². The molecule has 21 heavy (non-hydrogen) atoms. The van der Waals surface area contributed by atoms with Crippen LogP contribution in [0.15, 0.2) is 15.4 Å². The van der Waals surface area contributed by atoms with E-state index in [1.807, 2.05) is 0 Å². The summed E-state index contributed by atoms with van der Waals surface area (Å²) >= 11 is 0. The van der Waals surface area contributed by atoms with Crippen molar-refractivity contribution < 1.29 is 32.2 Å². The first kappa shape index (κ1) is 17.6. The summed E-state index contributed by atoms with van der Waals surface area (Å²) in [4.78, 5) is 10.7. The second-order valence-corrected chi connectivity index (χ2v) is 6.13. The van der Waals surface area contributed by atoms with Gasteiger partial charge in [-0.3, -0.25) is 0 Å². The van der Waals surface area contributed by atoms with E-state index in [1.165, 1.54) is 25.4 Å². The van der Waals surface area contributed by atoms with Crippen LogP contribution in [0.3, 0.4) is 0 Å². The minimum absolute atomic E-state index is 0.0345. The van der Waals surface area contributed by atoms with Gasteiger partial charge in [-0.05, 0) is 6.92 Å². The maximum absolute atomic E-state index is 12.6. The SMILES string of the molecule is COCCN(CCOC)S(=O)(=O)c1cc(C(=O)O)oc1C. The number of nitrogens with zero attached hydrogens (tertiary/aromatic N) is 1. The third kappa shape index (κ3) is 4.27. The molecule has 0 aromatic carbocycles. The molecule has 1 aromatic rings. The largest absolute Gasteiger partial charge is 0.475 e. The second kappa shape index (κ2) is 7.55. The highest BCUT2D eigenvalue weighted by Gasteiger charge is 2.29. The van der Waals surface area contributed by atoms with Gasteiger partial charge in [0.15, 0.2) is 0 Å². The van der Waals surface area contributed by atoms with Gasteiger partial charge in [0.1, 0.15) is 10.7 Å². The Morgan fingerprint density at radius 3 is 2.19 bits per heavy atom. The molecule has 0 bridgehead atoms. The number of sulfonamides is 1. The topological polar surface area (TPSA) is 106 Å². The quantitative estimate of drug-likeness (QED) is 0.708. The van der Waals surface area contributed by atoms with Crippen LogP contribution in [0.25, 0.3) is 0 Å². The second-order valence-electron chi connectivity index (χ2n) is 4.23. The number of methoxy groups -OCH3 is 2. The Balaban J connectivity index is 3.11.